The third kappa shape index (κ3) is 4.54. The van der Waals surface area contributed by atoms with Gasteiger partial charge in [0.2, 0.25) is 11.8 Å². The van der Waals surface area contributed by atoms with Crippen LogP contribution in [0.5, 0.6) is 0 Å². The van der Waals surface area contributed by atoms with Gasteiger partial charge < -0.3 is 10.6 Å². The zero-order valence-electron chi connectivity index (χ0n) is 13.5. The minimum Gasteiger partial charge on any atom is -0.325 e. The summed E-state index contributed by atoms with van der Waals surface area (Å²) in [4.78, 5) is 23.1. The number of benzene rings is 2. The van der Waals surface area contributed by atoms with E-state index in [-0.39, 0.29) is 17.6 Å². The Morgan fingerprint density at radius 2 is 1.76 bits per heavy atom. The van der Waals surface area contributed by atoms with Crippen LogP contribution in [-0.2, 0) is 9.59 Å². The number of carbonyl (C=O) groups excluding carboxylic acids is 2. The van der Waals surface area contributed by atoms with Crippen molar-refractivity contribution >= 4 is 45.9 Å². The number of hydrogen-bond acceptors (Lipinski definition) is 5. The van der Waals surface area contributed by atoms with Gasteiger partial charge in [0.25, 0.3) is 0 Å². The van der Waals surface area contributed by atoms with Crippen LogP contribution in [0.25, 0.3) is 10.8 Å². The van der Waals surface area contributed by atoms with Gasteiger partial charge in [-0.2, -0.15) is 0 Å². The molecule has 7 heteroatoms. The number of thioether (sulfide) groups is 1. The maximum atomic E-state index is 12.2. The summed E-state index contributed by atoms with van der Waals surface area (Å²) in [6, 6.07) is 17.1. The summed E-state index contributed by atoms with van der Waals surface area (Å²) < 4.78 is 0. The van der Waals surface area contributed by atoms with Crippen LogP contribution in [0.15, 0.2) is 59.6 Å². The Morgan fingerprint density at radius 3 is 2.52 bits per heavy atom. The fourth-order valence-corrected chi connectivity index (χ4v) is 2.92. The first-order valence-electron chi connectivity index (χ1n) is 7.63. The zero-order valence-corrected chi connectivity index (χ0v) is 14.3. The highest BCUT2D eigenvalue weighted by molar-refractivity contribution is 7.99. The summed E-state index contributed by atoms with van der Waals surface area (Å²) >= 11 is 1.28. The van der Waals surface area contributed by atoms with E-state index in [1.165, 1.54) is 18.7 Å². The monoisotopic (exact) mass is 352 g/mol. The maximum absolute atomic E-state index is 12.2. The van der Waals surface area contributed by atoms with Gasteiger partial charge in [0.15, 0.2) is 5.82 Å². The quantitative estimate of drug-likeness (QED) is 0.688. The van der Waals surface area contributed by atoms with Crippen molar-refractivity contribution in [3.05, 3.63) is 54.6 Å². The molecule has 0 saturated carbocycles. The molecule has 0 aliphatic carbocycles. The SMILES string of the molecule is CC(=O)Nc1ccc(SCC(=O)Nc2cccc3ccccc23)nn1. The van der Waals surface area contributed by atoms with Gasteiger partial charge in [-0.25, -0.2) is 0 Å². The molecule has 0 spiro atoms. The van der Waals surface area contributed by atoms with Crippen LogP contribution in [0.2, 0.25) is 0 Å². The number of aromatic nitrogens is 2. The summed E-state index contributed by atoms with van der Waals surface area (Å²) in [6.45, 7) is 1.40. The number of hydrogen-bond donors (Lipinski definition) is 2. The minimum atomic E-state index is -0.204. The van der Waals surface area contributed by atoms with E-state index in [4.69, 9.17) is 0 Å². The van der Waals surface area contributed by atoms with Gasteiger partial charge in [0.1, 0.15) is 5.03 Å². The Hall–Kier alpha value is -2.93. The third-order valence-electron chi connectivity index (χ3n) is 3.36. The van der Waals surface area contributed by atoms with Crippen LogP contribution >= 0.6 is 11.8 Å². The topological polar surface area (TPSA) is 84.0 Å². The molecule has 6 nitrogen and oxygen atoms in total. The first-order chi connectivity index (χ1) is 12.1. The van der Waals surface area contributed by atoms with Gasteiger partial charge in [0.05, 0.1) is 5.75 Å². The lowest BCUT2D eigenvalue weighted by molar-refractivity contribution is -0.114. The Balaban J connectivity index is 1.60. The minimum absolute atomic E-state index is 0.117. The molecule has 0 fully saturated rings. The molecule has 0 atom stereocenters. The predicted octanol–water partition coefficient (Wildman–Crippen LogP) is 3.32. The van der Waals surface area contributed by atoms with Crippen molar-refractivity contribution in [3.8, 4) is 0 Å². The lowest BCUT2D eigenvalue weighted by atomic mass is 10.1. The van der Waals surface area contributed by atoms with Crippen molar-refractivity contribution in [2.45, 2.75) is 11.9 Å². The van der Waals surface area contributed by atoms with E-state index >= 15 is 0 Å². The van der Waals surface area contributed by atoms with Crippen molar-refractivity contribution in [3.63, 3.8) is 0 Å². The molecule has 0 unspecified atom stereocenters. The van der Waals surface area contributed by atoms with E-state index in [1.54, 1.807) is 12.1 Å². The third-order valence-corrected chi connectivity index (χ3v) is 4.28. The van der Waals surface area contributed by atoms with Crippen LogP contribution < -0.4 is 10.6 Å². The fourth-order valence-electron chi connectivity index (χ4n) is 2.30. The molecule has 25 heavy (non-hydrogen) atoms. The molecule has 3 rings (SSSR count). The van der Waals surface area contributed by atoms with Gasteiger partial charge in [-0.1, -0.05) is 48.2 Å². The van der Waals surface area contributed by atoms with E-state index in [1.807, 2.05) is 42.5 Å². The van der Waals surface area contributed by atoms with Crippen LogP contribution in [0.1, 0.15) is 6.92 Å². The largest absolute Gasteiger partial charge is 0.325 e. The van der Waals surface area contributed by atoms with Gasteiger partial charge in [-0.15, -0.1) is 10.2 Å². The second kappa shape index (κ2) is 7.76. The van der Waals surface area contributed by atoms with E-state index < -0.39 is 0 Å². The molecule has 3 aromatic rings. The van der Waals surface area contributed by atoms with Crippen LogP contribution in [0.4, 0.5) is 11.5 Å². The highest BCUT2D eigenvalue weighted by Crippen LogP contribution is 2.23. The van der Waals surface area contributed by atoms with Gasteiger partial charge >= 0.3 is 0 Å². The molecule has 0 aliphatic rings. The van der Waals surface area contributed by atoms with Gasteiger partial charge in [-0.3, -0.25) is 9.59 Å². The first-order valence-corrected chi connectivity index (χ1v) is 8.62. The second-order valence-electron chi connectivity index (χ2n) is 5.30. The Labute approximate surface area is 149 Å². The van der Waals surface area contributed by atoms with Crippen molar-refractivity contribution in [1.29, 1.82) is 0 Å². The maximum Gasteiger partial charge on any atom is 0.234 e. The normalized spacial score (nSPS) is 10.4. The second-order valence-corrected chi connectivity index (χ2v) is 6.30. The molecular formula is C18H16N4O2S. The van der Waals surface area contributed by atoms with Crippen LogP contribution in [0.3, 0.4) is 0 Å². The fraction of sp³-hybridized carbons (Fsp3) is 0.111. The van der Waals surface area contributed by atoms with E-state index in [9.17, 15) is 9.59 Å². The molecule has 1 heterocycles. The van der Waals surface area contributed by atoms with E-state index in [2.05, 4.69) is 20.8 Å². The van der Waals surface area contributed by atoms with Gasteiger partial charge in [-0.05, 0) is 23.6 Å². The first kappa shape index (κ1) is 16.9. The van der Waals surface area contributed by atoms with Crippen molar-refractivity contribution < 1.29 is 9.59 Å². The lowest BCUT2D eigenvalue weighted by Gasteiger charge is -2.08. The highest BCUT2D eigenvalue weighted by atomic mass is 32.2. The molecule has 126 valence electrons. The molecule has 1 aromatic heterocycles. The average molecular weight is 352 g/mol. The number of anilines is 2. The number of carbonyl (C=O) groups is 2. The molecule has 2 amide bonds. The van der Waals surface area contributed by atoms with E-state index in [0.717, 1.165) is 16.5 Å². The van der Waals surface area contributed by atoms with Gasteiger partial charge in [0, 0.05) is 18.0 Å². The molecule has 0 aliphatic heterocycles. The molecule has 2 aromatic carbocycles. The lowest BCUT2D eigenvalue weighted by Crippen LogP contribution is -2.14. The van der Waals surface area contributed by atoms with Crippen LogP contribution in [-0.4, -0.2) is 27.8 Å². The zero-order chi connectivity index (χ0) is 17.6. The Morgan fingerprint density at radius 1 is 0.960 bits per heavy atom. The molecule has 0 radical (unpaired) electrons. The van der Waals surface area contributed by atoms with Crippen LogP contribution in [0, 0.1) is 0 Å². The highest BCUT2D eigenvalue weighted by Gasteiger charge is 2.08. The van der Waals surface area contributed by atoms with Crippen molar-refractivity contribution in [1.82, 2.24) is 10.2 Å². The average Bonchev–Trinajstić information content (AvgIpc) is 2.61. The van der Waals surface area contributed by atoms with Crippen molar-refractivity contribution in [2.75, 3.05) is 16.4 Å². The summed E-state index contributed by atoms with van der Waals surface area (Å²) in [7, 11) is 0. The number of amides is 2. The number of rotatable bonds is 5. The van der Waals surface area contributed by atoms with E-state index in [0.29, 0.717) is 10.8 Å². The summed E-state index contributed by atoms with van der Waals surface area (Å²) in [6.07, 6.45) is 0. The summed E-state index contributed by atoms with van der Waals surface area (Å²) in [5.41, 5.74) is 0.788. The summed E-state index contributed by atoms with van der Waals surface area (Å²) in [5.74, 6) is 0.285. The predicted molar refractivity (Wildman–Crippen MR) is 99.6 cm³/mol. The Kier molecular flexibility index (Phi) is 5.25. The Bertz CT molecular complexity index is 907. The van der Waals surface area contributed by atoms with Crippen molar-refractivity contribution in [2.24, 2.45) is 0 Å². The smallest absolute Gasteiger partial charge is 0.234 e. The molecule has 0 saturated heterocycles. The molecule has 2 N–H and O–H groups in total. The molecule has 0 bridgehead atoms. The summed E-state index contributed by atoms with van der Waals surface area (Å²) in [5, 5.41) is 16.0. The molecular weight excluding hydrogens is 336 g/mol. The standard InChI is InChI=1S/C18H16N4O2S/c1-12(23)19-16-9-10-18(22-21-16)25-11-17(24)20-15-8-4-6-13-5-2-3-7-14(13)15/h2-10H,11H2,1H3,(H,20,24)(H,19,21,23). The number of nitrogens with one attached hydrogen (secondary N) is 2. The number of fused-ring (bicyclic) bond motifs is 1. The number of nitrogens with zero attached hydrogens (tertiary/aromatic N) is 2.